The van der Waals surface area contributed by atoms with Crippen LogP contribution in [-0.4, -0.2) is 16.0 Å². The van der Waals surface area contributed by atoms with Crippen molar-refractivity contribution in [2.24, 2.45) is 11.5 Å². The largest absolute Gasteiger partial charge is 0.399 e. The second-order valence-corrected chi connectivity index (χ2v) is 6.22. The number of hydrogen-bond acceptors (Lipinski definition) is 4. The van der Waals surface area contributed by atoms with Crippen LogP contribution >= 0.6 is 0 Å². The molecule has 0 aromatic carbocycles. The zero-order valence-corrected chi connectivity index (χ0v) is 12.6. The molecule has 2 unspecified atom stereocenters. The Morgan fingerprint density at radius 2 is 2.15 bits per heavy atom. The van der Waals surface area contributed by atoms with Crippen LogP contribution in [0.25, 0.3) is 0 Å². The van der Waals surface area contributed by atoms with Gasteiger partial charge in [0.2, 0.25) is 5.54 Å². The highest BCUT2D eigenvalue weighted by Gasteiger charge is 2.43. The minimum absolute atomic E-state index is 0.164. The van der Waals surface area contributed by atoms with Crippen LogP contribution in [0, 0.1) is 10.1 Å². The second kappa shape index (κ2) is 6.88. The van der Waals surface area contributed by atoms with Crippen molar-refractivity contribution >= 4 is 0 Å². The summed E-state index contributed by atoms with van der Waals surface area (Å²) < 4.78 is 0. The molecule has 20 heavy (non-hydrogen) atoms. The Hall–Kier alpha value is -1.36. The Labute approximate surface area is 121 Å². The molecule has 0 heterocycles. The number of allylic oxidation sites excluding steroid dienone is 1. The average Bonchev–Trinajstić information content (AvgIpc) is 2.38. The van der Waals surface area contributed by atoms with Crippen molar-refractivity contribution in [3.8, 4) is 0 Å². The van der Waals surface area contributed by atoms with Crippen LogP contribution < -0.4 is 11.5 Å². The lowest BCUT2D eigenvalue weighted by molar-refractivity contribution is -0.569. The summed E-state index contributed by atoms with van der Waals surface area (Å²) in [7, 11) is 0. The summed E-state index contributed by atoms with van der Waals surface area (Å²) in [5, 5.41) is 11.5. The van der Waals surface area contributed by atoms with E-state index in [1.54, 1.807) is 13.0 Å². The van der Waals surface area contributed by atoms with Gasteiger partial charge in [-0.1, -0.05) is 38.3 Å². The molecule has 0 aromatic rings. The SMILES string of the molecule is CCCCCCC(C)(CC1(N)C=CC(N)=CC1)[N+](=O)[O-]. The number of unbranched alkanes of at least 4 members (excludes halogenated alkanes) is 3. The van der Waals surface area contributed by atoms with Gasteiger partial charge in [-0.3, -0.25) is 10.1 Å². The maximum atomic E-state index is 11.5. The lowest BCUT2D eigenvalue weighted by Crippen LogP contribution is -2.49. The van der Waals surface area contributed by atoms with E-state index in [0.717, 1.165) is 25.7 Å². The van der Waals surface area contributed by atoms with E-state index in [1.165, 1.54) is 0 Å². The molecule has 0 saturated heterocycles. The zero-order chi connectivity index (χ0) is 15.2. The van der Waals surface area contributed by atoms with E-state index in [2.05, 4.69) is 6.92 Å². The van der Waals surface area contributed by atoms with Gasteiger partial charge in [0.15, 0.2) is 0 Å². The Balaban J connectivity index is 2.67. The van der Waals surface area contributed by atoms with Crippen LogP contribution in [0.4, 0.5) is 0 Å². The fourth-order valence-corrected chi connectivity index (χ4v) is 2.72. The molecular formula is C15H27N3O2. The van der Waals surface area contributed by atoms with Crippen LogP contribution in [0.3, 0.4) is 0 Å². The van der Waals surface area contributed by atoms with E-state index in [1.807, 2.05) is 12.2 Å². The summed E-state index contributed by atoms with van der Waals surface area (Å²) >= 11 is 0. The van der Waals surface area contributed by atoms with Gasteiger partial charge in [0.1, 0.15) is 0 Å². The van der Waals surface area contributed by atoms with E-state index in [-0.39, 0.29) is 4.92 Å². The molecule has 0 aliphatic heterocycles. The summed E-state index contributed by atoms with van der Waals surface area (Å²) in [5.74, 6) is 0. The number of nitrogens with zero attached hydrogens (tertiary/aromatic N) is 1. The molecule has 1 aliphatic rings. The van der Waals surface area contributed by atoms with Crippen molar-refractivity contribution in [1.82, 2.24) is 0 Å². The minimum atomic E-state index is -0.966. The standard InChI is InChI=1S/C15H27N3O2/c1-3-4-5-6-9-14(2,18(19)20)12-15(17)10-7-13(16)8-11-15/h7-8,10H,3-6,9,11-12,16-17H2,1-2H3. The summed E-state index contributed by atoms with van der Waals surface area (Å²) in [6.07, 6.45) is 11.1. The van der Waals surface area contributed by atoms with E-state index >= 15 is 0 Å². The zero-order valence-electron chi connectivity index (χ0n) is 12.6. The Kier molecular flexibility index (Phi) is 5.74. The fourth-order valence-electron chi connectivity index (χ4n) is 2.72. The van der Waals surface area contributed by atoms with Gasteiger partial charge in [0, 0.05) is 35.9 Å². The molecule has 0 amide bonds. The van der Waals surface area contributed by atoms with E-state index in [4.69, 9.17) is 11.5 Å². The molecule has 5 heteroatoms. The second-order valence-electron chi connectivity index (χ2n) is 6.22. The van der Waals surface area contributed by atoms with Crippen molar-refractivity contribution in [3.63, 3.8) is 0 Å². The maximum absolute atomic E-state index is 11.5. The van der Waals surface area contributed by atoms with Crippen molar-refractivity contribution in [1.29, 1.82) is 0 Å². The third kappa shape index (κ3) is 4.63. The Morgan fingerprint density at radius 3 is 2.65 bits per heavy atom. The molecule has 1 aliphatic carbocycles. The van der Waals surface area contributed by atoms with Gasteiger partial charge >= 0.3 is 0 Å². The fraction of sp³-hybridized carbons (Fsp3) is 0.733. The summed E-state index contributed by atoms with van der Waals surface area (Å²) in [6, 6.07) is 0. The monoisotopic (exact) mass is 281 g/mol. The van der Waals surface area contributed by atoms with Gasteiger partial charge in [-0.15, -0.1) is 0 Å². The van der Waals surface area contributed by atoms with Crippen molar-refractivity contribution < 1.29 is 4.92 Å². The molecule has 2 atom stereocenters. The highest BCUT2D eigenvalue weighted by Crippen LogP contribution is 2.32. The Morgan fingerprint density at radius 1 is 1.45 bits per heavy atom. The highest BCUT2D eigenvalue weighted by molar-refractivity contribution is 5.27. The van der Waals surface area contributed by atoms with Crippen molar-refractivity contribution in [2.45, 2.75) is 69.9 Å². The predicted molar refractivity (Wildman–Crippen MR) is 81.7 cm³/mol. The van der Waals surface area contributed by atoms with Gasteiger partial charge in [0.05, 0.1) is 0 Å². The molecular weight excluding hydrogens is 254 g/mol. The van der Waals surface area contributed by atoms with Crippen molar-refractivity contribution in [3.05, 3.63) is 34.0 Å². The first-order chi connectivity index (χ1) is 9.31. The molecule has 0 spiro atoms. The Bertz CT molecular complexity index is 406. The van der Waals surface area contributed by atoms with Gasteiger partial charge in [-0.2, -0.15) is 0 Å². The number of nitrogens with two attached hydrogens (primary N) is 2. The molecule has 1 rings (SSSR count). The molecule has 4 N–H and O–H groups in total. The highest BCUT2D eigenvalue weighted by atomic mass is 16.6. The van der Waals surface area contributed by atoms with Crippen LogP contribution in [0.5, 0.6) is 0 Å². The summed E-state index contributed by atoms with van der Waals surface area (Å²) in [6.45, 7) is 3.84. The average molecular weight is 281 g/mol. The minimum Gasteiger partial charge on any atom is -0.399 e. The lowest BCUT2D eigenvalue weighted by Gasteiger charge is -2.33. The van der Waals surface area contributed by atoms with Crippen molar-refractivity contribution in [2.75, 3.05) is 0 Å². The molecule has 0 aromatic heterocycles. The van der Waals surface area contributed by atoms with Crippen LogP contribution in [0.15, 0.2) is 23.9 Å². The molecule has 0 bridgehead atoms. The molecule has 0 radical (unpaired) electrons. The van der Waals surface area contributed by atoms with E-state index in [0.29, 0.717) is 25.0 Å². The van der Waals surface area contributed by atoms with Crippen LogP contribution in [0.2, 0.25) is 0 Å². The first kappa shape index (κ1) is 16.7. The van der Waals surface area contributed by atoms with Crippen LogP contribution in [0.1, 0.15) is 58.8 Å². The topological polar surface area (TPSA) is 95.2 Å². The lowest BCUT2D eigenvalue weighted by atomic mass is 9.77. The van der Waals surface area contributed by atoms with Crippen LogP contribution in [-0.2, 0) is 0 Å². The predicted octanol–water partition coefficient (Wildman–Crippen LogP) is 2.88. The number of rotatable bonds is 8. The quantitative estimate of drug-likeness (QED) is 0.406. The first-order valence-electron chi connectivity index (χ1n) is 7.40. The smallest absolute Gasteiger partial charge is 0.221 e. The first-order valence-corrected chi connectivity index (χ1v) is 7.40. The third-order valence-corrected chi connectivity index (χ3v) is 4.05. The number of hydrogen-bond donors (Lipinski definition) is 2. The normalized spacial score (nSPS) is 25.1. The molecule has 0 saturated carbocycles. The van der Waals surface area contributed by atoms with Gasteiger partial charge in [-0.05, 0) is 18.9 Å². The van der Waals surface area contributed by atoms with Gasteiger partial charge in [0.25, 0.3) is 0 Å². The number of nitro groups is 1. The third-order valence-electron chi connectivity index (χ3n) is 4.05. The molecule has 114 valence electrons. The van der Waals surface area contributed by atoms with E-state index in [9.17, 15) is 10.1 Å². The molecule has 5 nitrogen and oxygen atoms in total. The summed E-state index contributed by atoms with van der Waals surface area (Å²) in [4.78, 5) is 11.3. The van der Waals surface area contributed by atoms with E-state index < -0.39 is 11.1 Å². The summed E-state index contributed by atoms with van der Waals surface area (Å²) in [5.41, 5.74) is 11.0. The van der Waals surface area contributed by atoms with Gasteiger partial charge < -0.3 is 11.5 Å². The maximum Gasteiger partial charge on any atom is 0.221 e. The van der Waals surface area contributed by atoms with Gasteiger partial charge in [-0.25, -0.2) is 0 Å². The molecule has 0 fully saturated rings.